The summed E-state index contributed by atoms with van der Waals surface area (Å²) in [4.78, 5) is 69.0. The third-order valence-electron chi connectivity index (χ3n) is 5.98. The summed E-state index contributed by atoms with van der Waals surface area (Å²) in [5.74, 6) is 0.125. The molecule has 0 amide bonds. The van der Waals surface area contributed by atoms with Crippen molar-refractivity contribution >= 4 is 60.9 Å². The van der Waals surface area contributed by atoms with Crippen molar-refractivity contribution in [3.8, 4) is 0 Å². The molecule has 0 N–H and O–H groups in total. The van der Waals surface area contributed by atoms with Gasteiger partial charge in [0.25, 0.3) is 0 Å². The fraction of sp³-hybridized carbons (Fsp3) is 0.818. The second-order valence-corrected chi connectivity index (χ2v) is 16.6. The van der Waals surface area contributed by atoms with E-state index in [1.807, 2.05) is 125 Å². The third kappa shape index (κ3) is 21.6. The predicted octanol–water partition coefficient (Wildman–Crippen LogP) is 7.44. The second kappa shape index (κ2) is 16.5. The standard InChI is InChI=1S/3C11H20O2.Bi/c3*1-10(2,3)8(12)7-9(13)11(4,5)6;/h3*7H2,1-6H3;. The maximum atomic E-state index is 11.5. The minimum Gasteiger partial charge on any atom is -0.299 e. The van der Waals surface area contributed by atoms with Crippen molar-refractivity contribution < 1.29 is 28.8 Å². The Morgan fingerprint density at radius 2 is 0.350 bits per heavy atom. The van der Waals surface area contributed by atoms with Crippen LogP contribution in [0.15, 0.2) is 0 Å². The van der Waals surface area contributed by atoms with Gasteiger partial charge in [0.15, 0.2) is 0 Å². The van der Waals surface area contributed by atoms with Gasteiger partial charge in [0, 0.05) is 58.7 Å². The Morgan fingerprint density at radius 1 is 0.275 bits per heavy atom. The number of ketones is 6. The number of rotatable bonds is 6. The van der Waals surface area contributed by atoms with Gasteiger partial charge in [-0.05, 0) is 0 Å². The zero-order valence-electron chi connectivity index (χ0n) is 29.0. The van der Waals surface area contributed by atoms with Crippen molar-refractivity contribution in [2.45, 2.75) is 144 Å². The average molecular weight is 762 g/mol. The molecule has 0 aromatic heterocycles. The zero-order chi connectivity index (χ0) is 32.6. The molecule has 0 atom stereocenters. The Hall–Kier alpha value is -1.10. The maximum Gasteiger partial charge on any atom is 0.145 e. The molecule has 0 aliphatic rings. The van der Waals surface area contributed by atoms with E-state index in [0.717, 1.165) is 0 Å². The van der Waals surface area contributed by atoms with Crippen molar-refractivity contribution in [2.24, 2.45) is 32.5 Å². The number of carbonyl (C=O) groups excluding carboxylic acids is 6. The van der Waals surface area contributed by atoms with Crippen LogP contribution >= 0.6 is 0 Å². The van der Waals surface area contributed by atoms with Crippen molar-refractivity contribution in [3.63, 3.8) is 0 Å². The largest absolute Gasteiger partial charge is 0.299 e. The predicted molar refractivity (Wildman–Crippen MR) is 166 cm³/mol. The Labute approximate surface area is 265 Å². The van der Waals surface area contributed by atoms with Crippen LogP contribution < -0.4 is 0 Å². The fourth-order valence-electron chi connectivity index (χ4n) is 2.03. The molecular weight excluding hydrogens is 701 g/mol. The molecule has 0 unspecified atom stereocenters. The normalized spacial score (nSPS) is 12.4. The molecule has 0 spiro atoms. The van der Waals surface area contributed by atoms with Gasteiger partial charge in [-0.3, -0.25) is 28.8 Å². The maximum absolute atomic E-state index is 11.5. The van der Waals surface area contributed by atoms with Crippen LogP contribution in [0.4, 0.5) is 0 Å². The molecule has 0 aliphatic carbocycles. The van der Waals surface area contributed by atoms with E-state index in [2.05, 4.69) is 0 Å². The first-order valence-electron chi connectivity index (χ1n) is 13.8. The number of hydrogen-bond acceptors (Lipinski definition) is 6. The Kier molecular flexibility index (Phi) is 18.9. The van der Waals surface area contributed by atoms with Crippen LogP contribution in [-0.2, 0) is 28.8 Å². The minimum atomic E-state index is -0.402. The van der Waals surface area contributed by atoms with Crippen molar-refractivity contribution in [2.75, 3.05) is 0 Å². The summed E-state index contributed by atoms with van der Waals surface area (Å²) in [6.45, 7) is 33.1. The SMILES string of the molecule is CC(C)(C)C(=O)CC(=O)C(C)(C)C.CC(C)(C)C(=O)CC(=O)C(C)(C)C.CC(C)(C)C(=O)CC(=O)C(C)(C)C.[Bi]. The van der Waals surface area contributed by atoms with E-state index in [1.54, 1.807) is 0 Å². The van der Waals surface area contributed by atoms with Gasteiger partial charge in [-0.15, -0.1) is 0 Å². The number of carbonyl (C=O) groups is 6. The third-order valence-corrected chi connectivity index (χ3v) is 5.98. The van der Waals surface area contributed by atoms with Gasteiger partial charge in [0.05, 0.1) is 19.3 Å². The molecule has 0 rings (SSSR count). The summed E-state index contributed by atoms with van der Waals surface area (Å²) in [6.07, 6.45) is 0.187. The average Bonchev–Trinajstić information content (AvgIpc) is 2.64. The van der Waals surface area contributed by atoms with Crippen LogP contribution in [0.3, 0.4) is 0 Å². The van der Waals surface area contributed by atoms with E-state index in [0.29, 0.717) is 0 Å². The summed E-state index contributed by atoms with van der Waals surface area (Å²) in [6, 6.07) is 0. The molecule has 7 heteroatoms. The van der Waals surface area contributed by atoms with E-state index in [4.69, 9.17) is 0 Å². The second-order valence-electron chi connectivity index (χ2n) is 16.6. The summed E-state index contributed by atoms with van der Waals surface area (Å²) >= 11 is 0. The summed E-state index contributed by atoms with van der Waals surface area (Å²) in [7, 11) is 0. The van der Waals surface area contributed by atoms with Crippen LogP contribution in [0.25, 0.3) is 0 Å². The van der Waals surface area contributed by atoms with E-state index in [-0.39, 0.29) is 80.2 Å². The van der Waals surface area contributed by atoms with Crippen LogP contribution in [0.1, 0.15) is 144 Å². The molecule has 0 fully saturated rings. The van der Waals surface area contributed by atoms with E-state index >= 15 is 0 Å². The molecule has 0 aromatic rings. The Balaban J connectivity index is -0.000000240. The van der Waals surface area contributed by atoms with Crippen LogP contribution in [0.5, 0.6) is 0 Å². The first-order chi connectivity index (χ1) is 16.6. The molecule has 40 heavy (non-hydrogen) atoms. The van der Waals surface area contributed by atoms with Gasteiger partial charge < -0.3 is 0 Å². The molecular formula is C33H60BiO6. The van der Waals surface area contributed by atoms with Gasteiger partial charge >= 0.3 is 0 Å². The summed E-state index contributed by atoms with van der Waals surface area (Å²) in [5, 5.41) is 0. The van der Waals surface area contributed by atoms with Crippen molar-refractivity contribution in [3.05, 3.63) is 0 Å². The molecule has 0 saturated heterocycles. The molecule has 0 saturated carbocycles. The minimum absolute atomic E-state index is 0. The summed E-state index contributed by atoms with van der Waals surface area (Å²) in [5.41, 5.74) is -2.41. The topological polar surface area (TPSA) is 102 Å². The fourth-order valence-corrected chi connectivity index (χ4v) is 2.03. The Bertz CT molecular complexity index is 693. The molecule has 3 radical (unpaired) electrons. The molecule has 0 aromatic carbocycles. The van der Waals surface area contributed by atoms with Gasteiger partial charge in [-0.25, -0.2) is 0 Å². The van der Waals surface area contributed by atoms with Crippen LogP contribution in [0.2, 0.25) is 0 Å². The van der Waals surface area contributed by atoms with Gasteiger partial charge in [0.1, 0.15) is 34.7 Å². The van der Waals surface area contributed by atoms with E-state index in [1.165, 1.54) is 0 Å². The number of hydrogen-bond donors (Lipinski definition) is 0. The van der Waals surface area contributed by atoms with E-state index in [9.17, 15) is 28.8 Å². The van der Waals surface area contributed by atoms with Gasteiger partial charge in [-0.1, -0.05) is 125 Å². The van der Waals surface area contributed by atoms with E-state index < -0.39 is 32.5 Å². The van der Waals surface area contributed by atoms with Gasteiger partial charge in [0.2, 0.25) is 0 Å². The number of Topliss-reactive ketones (excluding diaryl/α,β-unsaturated/α-hetero) is 6. The van der Waals surface area contributed by atoms with Crippen molar-refractivity contribution in [1.29, 1.82) is 0 Å². The monoisotopic (exact) mass is 761 g/mol. The molecule has 233 valence electrons. The molecule has 6 nitrogen and oxygen atoms in total. The first-order valence-corrected chi connectivity index (χ1v) is 13.8. The first kappa shape index (κ1) is 45.9. The van der Waals surface area contributed by atoms with Gasteiger partial charge in [-0.2, -0.15) is 0 Å². The molecule has 0 bridgehead atoms. The van der Waals surface area contributed by atoms with Crippen molar-refractivity contribution in [1.82, 2.24) is 0 Å². The smallest absolute Gasteiger partial charge is 0.145 e. The van der Waals surface area contributed by atoms with Crippen LogP contribution in [0, 0.1) is 32.5 Å². The molecule has 0 heterocycles. The van der Waals surface area contributed by atoms with Crippen LogP contribution in [-0.4, -0.2) is 60.9 Å². The summed E-state index contributed by atoms with van der Waals surface area (Å²) < 4.78 is 0. The Morgan fingerprint density at radius 3 is 0.400 bits per heavy atom. The quantitative estimate of drug-likeness (QED) is 0.206. The molecule has 0 aliphatic heterocycles. The zero-order valence-corrected chi connectivity index (χ0v) is 32.5.